The number of hydrogen-bond donors (Lipinski definition) is 0. The summed E-state index contributed by atoms with van der Waals surface area (Å²) in [4.78, 5) is 10.4. The molecule has 0 N–H and O–H groups in total. The Balaban J connectivity index is 1.30. The van der Waals surface area contributed by atoms with Crippen molar-refractivity contribution in [2.24, 2.45) is 0 Å². The van der Waals surface area contributed by atoms with Crippen LogP contribution in [0.1, 0.15) is 0 Å². The predicted molar refractivity (Wildman–Crippen MR) is 199 cm³/mol. The van der Waals surface area contributed by atoms with Gasteiger partial charge in [-0.2, -0.15) is 0 Å². The molecule has 0 saturated heterocycles. The molecule has 4 heteroatoms. The number of nitrogens with zero attached hydrogens (tertiary/aromatic N) is 4. The fourth-order valence-corrected chi connectivity index (χ4v) is 8.01. The van der Waals surface area contributed by atoms with Gasteiger partial charge in [0.2, 0.25) is 0 Å². The van der Waals surface area contributed by atoms with Gasteiger partial charge in [-0.3, -0.25) is 0 Å². The molecular formula is C44H26N4. The monoisotopic (exact) mass is 610 g/mol. The minimum atomic E-state index is 0.711. The van der Waals surface area contributed by atoms with Gasteiger partial charge in [0.25, 0.3) is 0 Å². The smallest absolute Gasteiger partial charge is 0.160 e. The van der Waals surface area contributed by atoms with E-state index in [1.165, 1.54) is 59.9 Å². The summed E-state index contributed by atoms with van der Waals surface area (Å²) in [6.45, 7) is 0. The van der Waals surface area contributed by atoms with E-state index in [1.807, 2.05) is 12.1 Å². The SMILES string of the molecule is c1ccc(-c2cc(-c3ccccc3)nc(-c3ccc4c5c6ccccc6c6c7ccccc7n7c8ccccc8n(c4c3)c5c67)n2)cc1. The van der Waals surface area contributed by atoms with Crippen LogP contribution in [0.4, 0.5) is 0 Å². The first-order chi connectivity index (χ1) is 23.8. The van der Waals surface area contributed by atoms with Gasteiger partial charge in [0.05, 0.1) is 44.5 Å². The number of aromatic nitrogens is 4. The molecule has 7 aromatic carbocycles. The van der Waals surface area contributed by atoms with E-state index < -0.39 is 0 Å². The van der Waals surface area contributed by atoms with Gasteiger partial charge in [0, 0.05) is 38.2 Å². The highest BCUT2D eigenvalue weighted by molar-refractivity contribution is 6.37. The van der Waals surface area contributed by atoms with Gasteiger partial charge in [-0.15, -0.1) is 0 Å². The molecule has 0 aliphatic rings. The van der Waals surface area contributed by atoms with Crippen LogP contribution in [0.25, 0.3) is 99.3 Å². The second-order valence-electron chi connectivity index (χ2n) is 12.6. The third kappa shape index (κ3) is 3.38. The van der Waals surface area contributed by atoms with E-state index >= 15 is 0 Å². The number of rotatable bonds is 3. The van der Waals surface area contributed by atoms with Crippen LogP contribution in [0.3, 0.4) is 0 Å². The Labute approximate surface area is 275 Å². The summed E-state index contributed by atoms with van der Waals surface area (Å²) in [7, 11) is 0. The Morgan fingerprint density at radius 1 is 0.333 bits per heavy atom. The molecule has 4 heterocycles. The Kier molecular flexibility index (Phi) is 5.08. The number of para-hydroxylation sites is 3. The Morgan fingerprint density at radius 3 is 1.38 bits per heavy atom. The van der Waals surface area contributed by atoms with Gasteiger partial charge in [-0.25, -0.2) is 9.97 Å². The summed E-state index contributed by atoms with van der Waals surface area (Å²) < 4.78 is 4.96. The highest BCUT2D eigenvalue weighted by Crippen LogP contribution is 2.47. The van der Waals surface area contributed by atoms with Gasteiger partial charge in [-0.05, 0) is 41.1 Å². The van der Waals surface area contributed by atoms with Gasteiger partial charge in [0.15, 0.2) is 5.82 Å². The van der Waals surface area contributed by atoms with Crippen LogP contribution in [0, 0.1) is 0 Å². The lowest BCUT2D eigenvalue weighted by Gasteiger charge is -2.13. The topological polar surface area (TPSA) is 34.6 Å². The number of hydrogen-bond acceptors (Lipinski definition) is 2. The van der Waals surface area contributed by atoms with Crippen molar-refractivity contribution in [3.8, 4) is 33.9 Å². The molecule has 0 spiro atoms. The van der Waals surface area contributed by atoms with Crippen LogP contribution in [-0.4, -0.2) is 18.8 Å². The molecule has 0 atom stereocenters. The second kappa shape index (κ2) is 9.50. The summed E-state index contributed by atoms with van der Waals surface area (Å²) in [6.07, 6.45) is 0. The quantitative estimate of drug-likeness (QED) is 0.187. The van der Waals surface area contributed by atoms with Crippen molar-refractivity contribution >= 4 is 65.4 Å². The summed E-state index contributed by atoms with van der Waals surface area (Å²) in [5.41, 5.74) is 12.2. The normalized spacial score (nSPS) is 12.2. The molecule has 0 aliphatic carbocycles. The molecule has 0 unspecified atom stereocenters. The Morgan fingerprint density at radius 2 is 0.792 bits per heavy atom. The predicted octanol–water partition coefficient (Wildman–Crippen LogP) is 11.2. The molecule has 222 valence electrons. The van der Waals surface area contributed by atoms with Crippen LogP contribution in [0.2, 0.25) is 0 Å². The lowest BCUT2D eigenvalue weighted by atomic mass is 9.98. The molecule has 11 aromatic rings. The summed E-state index contributed by atoms with van der Waals surface area (Å²) in [6, 6.07) is 56.2. The molecule has 0 aliphatic heterocycles. The van der Waals surface area contributed by atoms with E-state index in [9.17, 15) is 0 Å². The van der Waals surface area contributed by atoms with Crippen molar-refractivity contribution in [2.75, 3.05) is 0 Å². The summed E-state index contributed by atoms with van der Waals surface area (Å²) in [5, 5.41) is 7.64. The molecule has 0 radical (unpaired) electrons. The van der Waals surface area contributed by atoms with Crippen molar-refractivity contribution in [1.82, 2.24) is 18.8 Å². The molecule has 0 bridgehead atoms. The van der Waals surface area contributed by atoms with Gasteiger partial charge < -0.3 is 8.80 Å². The van der Waals surface area contributed by atoms with Crippen LogP contribution in [0.15, 0.2) is 158 Å². The maximum absolute atomic E-state index is 5.18. The number of fused-ring (bicyclic) bond motifs is 12. The fraction of sp³-hybridized carbons (Fsp3) is 0. The van der Waals surface area contributed by atoms with Gasteiger partial charge in [0.1, 0.15) is 0 Å². The molecular weight excluding hydrogens is 585 g/mol. The first kappa shape index (κ1) is 25.6. The highest BCUT2D eigenvalue weighted by Gasteiger charge is 2.25. The molecule has 11 rings (SSSR count). The number of benzene rings is 7. The molecule has 48 heavy (non-hydrogen) atoms. The van der Waals surface area contributed by atoms with Crippen LogP contribution >= 0.6 is 0 Å². The van der Waals surface area contributed by atoms with E-state index in [0.717, 1.165) is 33.6 Å². The largest absolute Gasteiger partial charge is 0.305 e. The minimum absolute atomic E-state index is 0.711. The second-order valence-corrected chi connectivity index (χ2v) is 12.6. The maximum atomic E-state index is 5.18. The highest BCUT2D eigenvalue weighted by atomic mass is 15.0. The minimum Gasteiger partial charge on any atom is -0.305 e. The lowest BCUT2D eigenvalue weighted by Crippen LogP contribution is -1.98. The first-order valence-corrected chi connectivity index (χ1v) is 16.4. The van der Waals surface area contributed by atoms with E-state index in [0.29, 0.717) is 5.82 Å². The zero-order chi connectivity index (χ0) is 31.3. The summed E-state index contributed by atoms with van der Waals surface area (Å²) >= 11 is 0. The average molecular weight is 611 g/mol. The average Bonchev–Trinajstić information content (AvgIpc) is 3.69. The van der Waals surface area contributed by atoms with Crippen molar-refractivity contribution < 1.29 is 0 Å². The van der Waals surface area contributed by atoms with Crippen molar-refractivity contribution in [2.45, 2.75) is 0 Å². The Hall–Kier alpha value is -6.52. The third-order valence-electron chi connectivity index (χ3n) is 10.0. The zero-order valence-corrected chi connectivity index (χ0v) is 25.8. The lowest BCUT2D eigenvalue weighted by molar-refractivity contribution is 1.18. The molecule has 0 amide bonds. The molecule has 4 nitrogen and oxygen atoms in total. The summed E-state index contributed by atoms with van der Waals surface area (Å²) in [5.74, 6) is 0.711. The van der Waals surface area contributed by atoms with Crippen LogP contribution < -0.4 is 0 Å². The standard InChI is InChI=1S/C44H26N4/c1-3-13-27(14-4-1)34-26-35(28-15-5-2-6-16-28)46-44(45-34)29-23-24-33-39(25-29)48-38-22-12-11-21-37(38)47-36-20-10-9-19-32(36)40-30-17-7-8-18-31(30)41(33)43(48)42(40)47/h1-26H. The van der Waals surface area contributed by atoms with E-state index in [1.54, 1.807) is 0 Å². The van der Waals surface area contributed by atoms with E-state index in [4.69, 9.17) is 9.97 Å². The van der Waals surface area contributed by atoms with Gasteiger partial charge in [-0.1, -0.05) is 127 Å². The maximum Gasteiger partial charge on any atom is 0.160 e. The van der Waals surface area contributed by atoms with E-state index in [2.05, 4.69) is 154 Å². The van der Waals surface area contributed by atoms with Crippen molar-refractivity contribution in [1.29, 1.82) is 0 Å². The van der Waals surface area contributed by atoms with Crippen LogP contribution in [0.5, 0.6) is 0 Å². The Bertz CT molecular complexity index is 2940. The first-order valence-electron chi connectivity index (χ1n) is 16.4. The van der Waals surface area contributed by atoms with E-state index in [-0.39, 0.29) is 0 Å². The van der Waals surface area contributed by atoms with Crippen molar-refractivity contribution in [3.05, 3.63) is 158 Å². The fourth-order valence-electron chi connectivity index (χ4n) is 8.01. The van der Waals surface area contributed by atoms with Crippen molar-refractivity contribution in [3.63, 3.8) is 0 Å². The molecule has 0 saturated carbocycles. The molecule has 4 aromatic heterocycles. The zero-order valence-electron chi connectivity index (χ0n) is 25.8. The van der Waals surface area contributed by atoms with Crippen LogP contribution in [-0.2, 0) is 0 Å². The third-order valence-corrected chi connectivity index (χ3v) is 10.0. The van der Waals surface area contributed by atoms with Gasteiger partial charge >= 0.3 is 0 Å². The molecule has 0 fully saturated rings.